The highest BCUT2D eigenvalue weighted by Crippen LogP contribution is 2.41. The van der Waals surface area contributed by atoms with Gasteiger partial charge in [-0.3, -0.25) is 9.69 Å². The van der Waals surface area contributed by atoms with Crippen LogP contribution in [0.25, 0.3) is 10.9 Å². The van der Waals surface area contributed by atoms with Gasteiger partial charge in [-0.25, -0.2) is 4.79 Å². The van der Waals surface area contributed by atoms with Crippen molar-refractivity contribution in [1.29, 1.82) is 0 Å². The first-order chi connectivity index (χ1) is 12.8. The Kier molecular flexibility index (Phi) is 4.05. The van der Waals surface area contributed by atoms with E-state index in [0.717, 1.165) is 22.2 Å². The Labute approximate surface area is 157 Å². The quantitative estimate of drug-likeness (QED) is 0.797. The Bertz CT molecular complexity index is 917. The number of rotatable bonds is 3. The van der Waals surface area contributed by atoms with Crippen LogP contribution in [0.3, 0.4) is 0 Å². The maximum absolute atomic E-state index is 13.3. The number of nitrogens with one attached hydrogen (secondary N) is 1. The van der Waals surface area contributed by atoms with Crippen LogP contribution >= 0.6 is 0 Å². The van der Waals surface area contributed by atoms with Crippen molar-refractivity contribution in [2.45, 2.75) is 57.6 Å². The average Bonchev–Trinajstić information content (AvgIpc) is 3.08. The summed E-state index contributed by atoms with van der Waals surface area (Å²) in [6.07, 6.45) is -0.452. The molecular formula is C20H25N3O4. The summed E-state index contributed by atoms with van der Waals surface area (Å²) in [5.41, 5.74) is 2.60. The van der Waals surface area contributed by atoms with E-state index in [1.54, 1.807) is 0 Å². The van der Waals surface area contributed by atoms with Crippen molar-refractivity contribution in [2.24, 2.45) is 0 Å². The Morgan fingerprint density at radius 1 is 1.37 bits per heavy atom. The summed E-state index contributed by atoms with van der Waals surface area (Å²) in [6, 6.07) is 6.70. The number of methoxy groups -OCH3 is 1. The summed E-state index contributed by atoms with van der Waals surface area (Å²) in [7, 11) is 1.27. The number of hydrogen-bond donors (Lipinski definition) is 2. The van der Waals surface area contributed by atoms with E-state index in [1.807, 2.05) is 32.0 Å². The highest BCUT2D eigenvalue weighted by atomic mass is 16.5. The van der Waals surface area contributed by atoms with E-state index in [2.05, 4.69) is 16.0 Å². The molecule has 2 aliphatic heterocycles. The van der Waals surface area contributed by atoms with Crippen LogP contribution in [0.1, 0.15) is 32.0 Å². The second kappa shape index (κ2) is 6.07. The van der Waals surface area contributed by atoms with E-state index >= 15 is 0 Å². The van der Waals surface area contributed by atoms with Gasteiger partial charge in [-0.1, -0.05) is 18.2 Å². The molecule has 1 aromatic heterocycles. The third kappa shape index (κ3) is 2.49. The largest absolute Gasteiger partial charge is 0.467 e. The second-order valence-corrected chi connectivity index (χ2v) is 7.89. The van der Waals surface area contributed by atoms with Gasteiger partial charge in [-0.2, -0.15) is 0 Å². The van der Waals surface area contributed by atoms with E-state index in [9.17, 15) is 14.7 Å². The summed E-state index contributed by atoms with van der Waals surface area (Å²) < 4.78 is 4.87. The van der Waals surface area contributed by atoms with E-state index in [-0.39, 0.29) is 11.9 Å². The number of aromatic amines is 1. The van der Waals surface area contributed by atoms with Crippen LogP contribution in [0.15, 0.2) is 24.3 Å². The molecule has 1 fully saturated rings. The van der Waals surface area contributed by atoms with Crippen molar-refractivity contribution in [3.05, 3.63) is 35.5 Å². The maximum Gasteiger partial charge on any atom is 0.331 e. The lowest BCUT2D eigenvalue weighted by molar-refractivity contribution is -0.161. The van der Waals surface area contributed by atoms with Crippen LogP contribution in [0.2, 0.25) is 0 Å². The molecule has 2 N–H and O–H groups in total. The molecule has 1 saturated heterocycles. The van der Waals surface area contributed by atoms with Crippen molar-refractivity contribution in [3.8, 4) is 0 Å². The lowest BCUT2D eigenvalue weighted by Gasteiger charge is -2.43. The Morgan fingerprint density at radius 2 is 2.07 bits per heavy atom. The van der Waals surface area contributed by atoms with Gasteiger partial charge >= 0.3 is 5.97 Å². The predicted octanol–water partition coefficient (Wildman–Crippen LogP) is 1.40. The number of carbonyl (C=O) groups excluding carboxylic acids is 2. The average molecular weight is 371 g/mol. The zero-order valence-corrected chi connectivity index (χ0v) is 16.0. The van der Waals surface area contributed by atoms with Gasteiger partial charge in [0.25, 0.3) is 0 Å². The molecule has 0 spiro atoms. The summed E-state index contributed by atoms with van der Waals surface area (Å²) >= 11 is 0. The number of amides is 1. The Hall–Kier alpha value is -2.38. The van der Waals surface area contributed by atoms with Gasteiger partial charge < -0.3 is 19.7 Å². The normalized spacial score (nSPS) is 23.8. The molecule has 3 atom stereocenters. The van der Waals surface area contributed by atoms with Gasteiger partial charge in [0.1, 0.15) is 0 Å². The number of fused-ring (bicyclic) bond motifs is 4. The minimum absolute atomic E-state index is 0.146. The SMILES string of the molecule is COC(=O)[C@H](C(C)O)N1C(=O)[C@@H]2Cc3c([nH]c4ccccc34)CN2C1(C)C. The Balaban J connectivity index is 1.76. The molecule has 7 nitrogen and oxygen atoms in total. The van der Waals surface area contributed by atoms with Crippen LogP contribution in [-0.2, 0) is 27.3 Å². The molecule has 2 aliphatic rings. The molecule has 144 valence electrons. The molecule has 1 aromatic carbocycles. The van der Waals surface area contributed by atoms with Crippen molar-refractivity contribution >= 4 is 22.8 Å². The highest BCUT2D eigenvalue weighted by Gasteiger charge is 2.57. The zero-order valence-electron chi connectivity index (χ0n) is 16.0. The van der Waals surface area contributed by atoms with Gasteiger partial charge in [-0.15, -0.1) is 0 Å². The molecule has 0 saturated carbocycles. The number of nitrogens with zero attached hydrogens (tertiary/aromatic N) is 2. The summed E-state index contributed by atoms with van der Waals surface area (Å²) in [6.45, 7) is 5.92. The van der Waals surface area contributed by atoms with Crippen LogP contribution in [0.5, 0.6) is 0 Å². The third-order valence-electron chi connectivity index (χ3n) is 6.00. The number of aliphatic hydroxyl groups excluding tert-OH is 1. The molecule has 0 bridgehead atoms. The smallest absolute Gasteiger partial charge is 0.331 e. The second-order valence-electron chi connectivity index (χ2n) is 7.89. The number of para-hydroxylation sites is 1. The number of benzene rings is 1. The molecule has 2 aromatic rings. The fourth-order valence-corrected chi connectivity index (χ4v) is 4.69. The van der Waals surface area contributed by atoms with Gasteiger partial charge in [-0.05, 0) is 38.8 Å². The van der Waals surface area contributed by atoms with E-state index in [0.29, 0.717) is 13.0 Å². The molecule has 0 radical (unpaired) electrons. The fourth-order valence-electron chi connectivity index (χ4n) is 4.69. The van der Waals surface area contributed by atoms with Crippen molar-refractivity contribution < 1.29 is 19.4 Å². The molecule has 1 unspecified atom stereocenters. The van der Waals surface area contributed by atoms with E-state index in [4.69, 9.17) is 4.74 Å². The Morgan fingerprint density at radius 3 is 2.74 bits per heavy atom. The van der Waals surface area contributed by atoms with Crippen LogP contribution in [0.4, 0.5) is 0 Å². The van der Waals surface area contributed by atoms with Crippen molar-refractivity contribution in [1.82, 2.24) is 14.8 Å². The number of carbonyl (C=O) groups is 2. The number of esters is 1. The fraction of sp³-hybridized carbons (Fsp3) is 0.500. The van der Waals surface area contributed by atoms with Gasteiger partial charge in [0, 0.05) is 23.1 Å². The number of hydrogen-bond acceptors (Lipinski definition) is 5. The molecule has 1 amide bonds. The number of aromatic nitrogens is 1. The first kappa shape index (κ1) is 18.0. The molecule has 27 heavy (non-hydrogen) atoms. The van der Waals surface area contributed by atoms with Gasteiger partial charge in [0.15, 0.2) is 6.04 Å². The standard InChI is InChI=1S/C20H25N3O4/c1-11(24)17(19(26)27-4)23-18(25)16-9-13-12-7-5-6-8-14(12)21-15(13)10-22(16)20(23,2)3/h5-8,11,16-17,21,24H,9-10H2,1-4H3/t11?,16-,17-/m0/s1. The van der Waals surface area contributed by atoms with Crippen molar-refractivity contribution in [2.75, 3.05) is 7.11 Å². The van der Waals surface area contributed by atoms with Gasteiger partial charge in [0.05, 0.1) is 24.9 Å². The molecule has 7 heteroatoms. The first-order valence-electron chi connectivity index (χ1n) is 9.21. The first-order valence-corrected chi connectivity index (χ1v) is 9.21. The van der Waals surface area contributed by atoms with Crippen LogP contribution in [-0.4, -0.2) is 62.7 Å². The maximum atomic E-state index is 13.3. The summed E-state index contributed by atoms with van der Waals surface area (Å²) in [5.74, 6) is -0.748. The number of H-pyrrole nitrogens is 1. The molecule has 3 heterocycles. The summed E-state index contributed by atoms with van der Waals surface area (Å²) in [4.78, 5) is 32.7. The zero-order chi connectivity index (χ0) is 19.5. The third-order valence-corrected chi connectivity index (χ3v) is 6.00. The summed E-state index contributed by atoms with van der Waals surface area (Å²) in [5, 5.41) is 11.3. The minimum Gasteiger partial charge on any atom is -0.467 e. The van der Waals surface area contributed by atoms with Crippen molar-refractivity contribution in [3.63, 3.8) is 0 Å². The highest BCUT2D eigenvalue weighted by molar-refractivity contribution is 5.92. The van der Waals surface area contributed by atoms with Gasteiger partial charge in [0.2, 0.25) is 5.91 Å². The monoisotopic (exact) mass is 371 g/mol. The molecule has 4 rings (SSSR count). The van der Waals surface area contributed by atoms with E-state index in [1.165, 1.54) is 18.9 Å². The van der Waals surface area contributed by atoms with Crippen LogP contribution in [0, 0.1) is 0 Å². The topological polar surface area (TPSA) is 85.9 Å². The lowest BCUT2D eigenvalue weighted by atomic mass is 9.96. The molecule has 0 aliphatic carbocycles. The molecular weight excluding hydrogens is 346 g/mol. The number of ether oxygens (including phenoxy) is 1. The lowest BCUT2D eigenvalue weighted by Crippen LogP contribution is -2.59. The minimum atomic E-state index is -1.03. The van der Waals surface area contributed by atoms with E-state index < -0.39 is 23.8 Å². The predicted molar refractivity (Wildman–Crippen MR) is 99.7 cm³/mol. The van der Waals surface area contributed by atoms with Crippen LogP contribution < -0.4 is 0 Å². The number of aliphatic hydroxyl groups is 1.